The lowest BCUT2D eigenvalue weighted by Gasteiger charge is -2.13. The van der Waals surface area contributed by atoms with Crippen molar-refractivity contribution in [2.45, 2.75) is 20.0 Å². The number of esters is 1. The minimum atomic E-state index is -1.10. The van der Waals surface area contributed by atoms with Crippen molar-refractivity contribution >= 4 is 22.7 Å². The Kier molecular flexibility index (Phi) is 4.35. The molecule has 0 bridgehead atoms. The van der Waals surface area contributed by atoms with Gasteiger partial charge in [0.05, 0.1) is 5.56 Å². The molecule has 6 heteroatoms. The Morgan fingerprint density at radius 3 is 2.40 bits per heavy atom. The molecule has 2 aromatic carbocycles. The van der Waals surface area contributed by atoms with Crippen molar-refractivity contribution in [1.29, 1.82) is 0 Å². The fourth-order valence-corrected chi connectivity index (χ4v) is 2.75. The number of H-pyrrole nitrogens is 1. The Bertz CT molecular complexity index is 958. The molecule has 0 amide bonds. The summed E-state index contributed by atoms with van der Waals surface area (Å²) in [4.78, 5) is 27.9. The highest BCUT2D eigenvalue weighted by molar-refractivity contribution is 6.11. The normalized spacial score (nSPS) is 12.2. The Morgan fingerprint density at radius 2 is 1.72 bits per heavy atom. The maximum atomic E-state index is 13.2. The zero-order valence-electron chi connectivity index (χ0n) is 13.6. The summed E-state index contributed by atoms with van der Waals surface area (Å²) in [7, 11) is 0. The van der Waals surface area contributed by atoms with E-state index in [1.165, 1.54) is 6.92 Å². The van der Waals surface area contributed by atoms with Crippen molar-refractivity contribution in [3.05, 3.63) is 70.9 Å². The van der Waals surface area contributed by atoms with Gasteiger partial charge in [0.1, 0.15) is 11.6 Å². The topological polar surface area (TPSA) is 59.2 Å². The molecule has 0 aliphatic heterocycles. The van der Waals surface area contributed by atoms with Crippen LogP contribution in [0.25, 0.3) is 10.9 Å². The summed E-state index contributed by atoms with van der Waals surface area (Å²) in [5.41, 5.74) is 1.61. The van der Waals surface area contributed by atoms with Gasteiger partial charge in [0.15, 0.2) is 6.10 Å². The van der Waals surface area contributed by atoms with E-state index in [1.54, 1.807) is 19.1 Å². The monoisotopic (exact) mass is 343 g/mol. The number of Topliss-reactive ketones (excluding diaryl/α,β-unsaturated/α-hetero) is 1. The molecule has 1 heterocycles. The Hall–Kier alpha value is -3.02. The van der Waals surface area contributed by atoms with Crippen molar-refractivity contribution in [2.75, 3.05) is 0 Å². The molecular weight excluding hydrogens is 328 g/mol. The molecule has 1 atom stereocenters. The van der Waals surface area contributed by atoms with E-state index in [0.717, 1.165) is 23.0 Å². The number of halogens is 2. The molecule has 1 aromatic heterocycles. The summed E-state index contributed by atoms with van der Waals surface area (Å²) in [6.07, 6.45) is -1.10. The van der Waals surface area contributed by atoms with Crippen LogP contribution in [0, 0.1) is 18.6 Å². The number of rotatable bonds is 4. The first-order valence-electron chi connectivity index (χ1n) is 7.65. The highest BCUT2D eigenvalue weighted by Gasteiger charge is 2.25. The molecule has 0 saturated heterocycles. The third-order valence-electron chi connectivity index (χ3n) is 3.89. The summed E-state index contributed by atoms with van der Waals surface area (Å²) >= 11 is 0. The average molecular weight is 343 g/mol. The number of hydrogen-bond acceptors (Lipinski definition) is 3. The molecule has 0 fully saturated rings. The van der Waals surface area contributed by atoms with Gasteiger partial charge in [0.2, 0.25) is 5.78 Å². The van der Waals surface area contributed by atoms with E-state index in [9.17, 15) is 18.4 Å². The number of fused-ring (bicyclic) bond motifs is 1. The van der Waals surface area contributed by atoms with Gasteiger partial charge in [-0.2, -0.15) is 0 Å². The van der Waals surface area contributed by atoms with Gasteiger partial charge in [-0.3, -0.25) is 4.79 Å². The number of carbonyl (C=O) groups is 2. The second-order valence-electron chi connectivity index (χ2n) is 5.74. The molecule has 1 N–H and O–H groups in total. The Labute approximate surface area is 142 Å². The lowest BCUT2D eigenvalue weighted by Crippen LogP contribution is -2.25. The number of ether oxygens (including phenoxy) is 1. The third-order valence-corrected chi connectivity index (χ3v) is 3.89. The number of aromatic amines is 1. The Balaban J connectivity index is 1.85. The van der Waals surface area contributed by atoms with Crippen molar-refractivity contribution in [3.63, 3.8) is 0 Å². The molecule has 4 nitrogen and oxygen atoms in total. The molecule has 128 valence electrons. The van der Waals surface area contributed by atoms with Crippen LogP contribution in [0.4, 0.5) is 8.78 Å². The maximum absolute atomic E-state index is 13.2. The number of carbonyl (C=O) groups excluding carboxylic acids is 2. The van der Waals surface area contributed by atoms with Gasteiger partial charge in [0.25, 0.3) is 0 Å². The third kappa shape index (κ3) is 3.28. The molecule has 0 saturated carbocycles. The van der Waals surface area contributed by atoms with Gasteiger partial charge in [-0.15, -0.1) is 0 Å². The van der Waals surface area contributed by atoms with Crippen LogP contribution < -0.4 is 0 Å². The quantitative estimate of drug-likeness (QED) is 0.571. The molecule has 0 aliphatic carbocycles. The molecule has 0 radical (unpaired) electrons. The van der Waals surface area contributed by atoms with Gasteiger partial charge in [-0.05, 0) is 32.0 Å². The van der Waals surface area contributed by atoms with E-state index < -0.39 is 23.7 Å². The first-order valence-corrected chi connectivity index (χ1v) is 7.65. The van der Waals surface area contributed by atoms with Crippen LogP contribution in [0.5, 0.6) is 0 Å². The first kappa shape index (κ1) is 16.8. The van der Waals surface area contributed by atoms with Crippen molar-refractivity contribution in [3.8, 4) is 0 Å². The summed E-state index contributed by atoms with van der Waals surface area (Å²) < 4.78 is 31.5. The highest BCUT2D eigenvalue weighted by Crippen LogP contribution is 2.24. The number of para-hydroxylation sites is 1. The molecular formula is C19H15F2NO3. The first-order chi connectivity index (χ1) is 11.9. The van der Waals surface area contributed by atoms with Gasteiger partial charge in [-0.25, -0.2) is 13.6 Å². The van der Waals surface area contributed by atoms with Gasteiger partial charge < -0.3 is 9.72 Å². The number of aromatic nitrogens is 1. The van der Waals surface area contributed by atoms with Crippen molar-refractivity contribution in [1.82, 2.24) is 4.98 Å². The van der Waals surface area contributed by atoms with Crippen LogP contribution in [0.3, 0.4) is 0 Å². The molecule has 3 aromatic rings. The minimum Gasteiger partial charge on any atom is -0.451 e. The van der Waals surface area contributed by atoms with Crippen LogP contribution >= 0.6 is 0 Å². The van der Waals surface area contributed by atoms with E-state index in [4.69, 9.17) is 4.74 Å². The van der Waals surface area contributed by atoms with Gasteiger partial charge in [0, 0.05) is 28.2 Å². The SMILES string of the molecule is Cc1[nH]c2ccccc2c1C(=O)[C@H](C)OC(=O)c1cc(F)cc(F)c1. The number of benzene rings is 2. The summed E-state index contributed by atoms with van der Waals surface area (Å²) in [6.45, 7) is 3.18. The number of nitrogens with one attached hydrogen (secondary N) is 1. The molecule has 0 unspecified atom stereocenters. The average Bonchev–Trinajstić information content (AvgIpc) is 2.88. The number of ketones is 1. The van der Waals surface area contributed by atoms with E-state index in [2.05, 4.69) is 4.98 Å². The van der Waals surface area contributed by atoms with E-state index in [-0.39, 0.29) is 11.3 Å². The van der Waals surface area contributed by atoms with Crippen LogP contribution in [0.15, 0.2) is 42.5 Å². The fourth-order valence-electron chi connectivity index (χ4n) is 2.75. The fraction of sp³-hybridized carbons (Fsp3) is 0.158. The standard InChI is InChI=1S/C19H15F2NO3/c1-10-17(15-5-3-4-6-16(15)22-10)18(23)11(2)25-19(24)12-7-13(20)9-14(21)8-12/h3-9,11,22H,1-2H3/t11-/m0/s1. The van der Waals surface area contributed by atoms with E-state index in [0.29, 0.717) is 17.3 Å². The second-order valence-corrected chi connectivity index (χ2v) is 5.74. The minimum absolute atomic E-state index is 0.284. The van der Waals surface area contributed by atoms with Crippen LogP contribution in [-0.2, 0) is 4.74 Å². The predicted molar refractivity (Wildman–Crippen MR) is 88.6 cm³/mol. The molecule has 0 aliphatic rings. The smallest absolute Gasteiger partial charge is 0.339 e. The van der Waals surface area contributed by atoms with Gasteiger partial charge in [-0.1, -0.05) is 18.2 Å². The number of aryl methyl sites for hydroxylation is 1. The zero-order valence-corrected chi connectivity index (χ0v) is 13.6. The highest BCUT2D eigenvalue weighted by atomic mass is 19.1. The second kappa shape index (κ2) is 6.47. The maximum Gasteiger partial charge on any atom is 0.339 e. The van der Waals surface area contributed by atoms with Crippen molar-refractivity contribution in [2.24, 2.45) is 0 Å². The van der Waals surface area contributed by atoms with Crippen LogP contribution in [-0.4, -0.2) is 22.8 Å². The van der Waals surface area contributed by atoms with E-state index >= 15 is 0 Å². The largest absolute Gasteiger partial charge is 0.451 e. The molecule has 0 spiro atoms. The lowest BCUT2D eigenvalue weighted by molar-refractivity contribution is 0.0318. The van der Waals surface area contributed by atoms with Crippen molar-refractivity contribution < 1.29 is 23.1 Å². The molecule has 3 rings (SSSR count). The van der Waals surface area contributed by atoms with Gasteiger partial charge >= 0.3 is 5.97 Å². The summed E-state index contributed by atoms with van der Waals surface area (Å²) in [5.74, 6) is -3.13. The predicted octanol–water partition coefficient (Wildman–Crippen LogP) is 4.18. The summed E-state index contributed by atoms with van der Waals surface area (Å²) in [5, 5.41) is 0.727. The summed E-state index contributed by atoms with van der Waals surface area (Å²) in [6, 6.07) is 9.65. The lowest BCUT2D eigenvalue weighted by atomic mass is 10.0. The molecule has 25 heavy (non-hydrogen) atoms. The zero-order chi connectivity index (χ0) is 18.1. The van der Waals surface area contributed by atoms with Crippen LogP contribution in [0.2, 0.25) is 0 Å². The van der Waals surface area contributed by atoms with E-state index in [1.807, 2.05) is 12.1 Å². The van der Waals surface area contributed by atoms with Crippen LogP contribution in [0.1, 0.15) is 33.3 Å². The Morgan fingerprint density at radius 1 is 1.08 bits per heavy atom. The number of hydrogen-bond donors (Lipinski definition) is 1.